The molecule has 5 rings (SSSR count). The summed E-state index contributed by atoms with van der Waals surface area (Å²) in [5, 5.41) is 1.74. The first-order valence-electron chi connectivity index (χ1n) is 10.1. The third-order valence-corrected chi connectivity index (χ3v) is 5.88. The normalized spacial score (nSPS) is 23.2. The summed E-state index contributed by atoms with van der Waals surface area (Å²) in [5.74, 6) is -1.15. The summed E-state index contributed by atoms with van der Waals surface area (Å²) >= 11 is 0. The fraction of sp³-hybridized carbons (Fsp3) is 0.200. The number of imide groups is 1. The Bertz CT molecular complexity index is 1110. The van der Waals surface area contributed by atoms with E-state index in [1.54, 1.807) is 17.2 Å². The lowest BCUT2D eigenvalue weighted by Gasteiger charge is -2.29. The number of hydroxylamine groups is 1. The number of aryl methyl sites for hydroxylation is 2. The van der Waals surface area contributed by atoms with Crippen molar-refractivity contribution in [2.75, 3.05) is 9.96 Å². The summed E-state index contributed by atoms with van der Waals surface area (Å²) in [4.78, 5) is 34.2. The molecule has 2 fully saturated rings. The first-order chi connectivity index (χ1) is 14.6. The molecule has 5 heteroatoms. The monoisotopic (exact) mass is 398 g/mol. The van der Waals surface area contributed by atoms with Crippen LogP contribution in [0.1, 0.15) is 22.7 Å². The smallest absolute Gasteiger partial charge is 0.266 e. The maximum Gasteiger partial charge on any atom is 0.266 e. The first kappa shape index (κ1) is 18.6. The van der Waals surface area contributed by atoms with Gasteiger partial charge in [-0.2, -0.15) is 0 Å². The second-order valence-corrected chi connectivity index (χ2v) is 7.87. The Morgan fingerprint density at radius 1 is 0.767 bits per heavy atom. The van der Waals surface area contributed by atoms with Gasteiger partial charge in [0.25, 0.3) is 5.91 Å². The molecule has 0 N–H and O–H groups in total. The van der Waals surface area contributed by atoms with E-state index in [9.17, 15) is 9.59 Å². The molecule has 3 aromatic rings. The molecule has 0 unspecified atom stereocenters. The second-order valence-electron chi connectivity index (χ2n) is 7.87. The fourth-order valence-electron chi connectivity index (χ4n) is 4.52. The number of rotatable bonds is 3. The number of fused-ring (bicyclic) bond motifs is 1. The summed E-state index contributed by atoms with van der Waals surface area (Å²) in [5.41, 5.74) is 4.62. The van der Waals surface area contributed by atoms with Gasteiger partial charge in [-0.25, -0.2) is 9.96 Å². The van der Waals surface area contributed by atoms with E-state index >= 15 is 0 Å². The molecule has 30 heavy (non-hydrogen) atoms. The second kappa shape index (κ2) is 7.11. The van der Waals surface area contributed by atoms with E-state index in [0.29, 0.717) is 5.69 Å². The Balaban J connectivity index is 1.62. The van der Waals surface area contributed by atoms with Crippen molar-refractivity contribution in [3.63, 3.8) is 0 Å². The van der Waals surface area contributed by atoms with Crippen LogP contribution in [0.15, 0.2) is 78.9 Å². The van der Waals surface area contributed by atoms with Gasteiger partial charge in [0, 0.05) is 0 Å². The number of nitrogens with zero attached hydrogens (tertiary/aromatic N) is 2. The van der Waals surface area contributed by atoms with E-state index in [0.717, 1.165) is 22.4 Å². The van der Waals surface area contributed by atoms with Crippen LogP contribution in [-0.4, -0.2) is 17.9 Å². The molecule has 150 valence electrons. The zero-order valence-corrected chi connectivity index (χ0v) is 16.9. The standard InChI is InChI=1S/C25H22N2O3/c1-16-13-14-20(17(2)15-16)22-21-23(30-27(22)19-11-7-4-8-12-19)25(29)26(24(21)28)18-9-5-3-6-10-18/h3-15,21-23H,1-2H3/t21-,22+,23-/m0/s1. The summed E-state index contributed by atoms with van der Waals surface area (Å²) in [7, 11) is 0. The highest BCUT2D eigenvalue weighted by Crippen LogP contribution is 2.48. The number of benzene rings is 3. The molecule has 2 aliphatic heterocycles. The van der Waals surface area contributed by atoms with Crippen LogP contribution in [-0.2, 0) is 14.4 Å². The van der Waals surface area contributed by atoms with Crippen LogP contribution in [0, 0.1) is 19.8 Å². The number of hydrogen-bond acceptors (Lipinski definition) is 4. The molecule has 0 radical (unpaired) electrons. The van der Waals surface area contributed by atoms with Crippen molar-refractivity contribution in [2.24, 2.45) is 5.92 Å². The van der Waals surface area contributed by atoms with Gasteiger partial charge >= 0.3 is 0 Å². The maximum atomic E-state index is 13.5. The molecule has 0 bridgehead atoms. The van der Waals surface area contributed by atoms with Gasteiger partial charge in [0.05, 0.1) is 17.4 Å². The van der Waals surface area contributed by atoms with Crippen LogP contribution in [0.4, 0.5) is 11.4 Å². The summed E-state index contributed by atoms with van der Waals surface area (Å²) in [6, 6.07) is 24.5. The van der Waals surface area contributed by atoms with Crippen molar-refractivity contribution in [3.8, 4) is 0 Å². The molecule has 3 aromatic carbocycles. The number of hydrogen-bond donors (Lipinski definition) is 0. The lowest BCUT2D eigenvalue weighted by atomic mass is 9.87. The number of anilines is 2. The molecule has 3 atom stereocenters. The van der Waals surface area contributed by atoms with Crippen molar-refractivity contribution in [1.82, 2.24) is 0 Å². The molecule has 0 spiro atoms. The SMILES string of the molecule is Cc1ccc([C@@H]2[C@@H]3C(=O)N(c4ccccc4)C(=O)[C@H]3ON2c2ccccc2)c(C)c1. The predicted octanol–water partition coefficient (Wildman–Crippen LogP) is 4.35. The molecule has 2 heterocycles. The molecule has 0 saturated carbocycles. The van der Waals surface area contributed by atoms with Crippen molar-refractivity contribution in [3.05, 3.63) is 95.6 Å². The fourth-order valence-corrected chi connectivity index (χ4v) is 4.52. The molecule has 0 aromatic heterocycles. The zero-order valence-electron chi connectivity index (χ0n) is 16.9. The van der Waals surface area contributed by atoms with Crippen LogP contribution in [0.25, 0.3) is 0 Å². The van der Waals surface area contributed by atoms with Gasteiger partial charge in [0.15, 0.2) is 6.10 Å². The zero-order chi connectivity index (χ0) is 20.8. The van der Waals surface area contributed by atoms with Crippen LogP contribution in [0.5, 0.6) is 0 Å². The molecule has 2 saturated heterocycles. The van der Waals surface area contributed by atoms with Crippen molar-refractivity contribution in [1.29, 1.82) is 0 Å². The number of carbonyl (C=O) groups is 2. The highest BCUT2D eigenvalue weighted by Gasteiger charge is 2.60. The highest BCUT2D eigenvalue weighted by atomic mass is 16.7. The minimum atomic E-state index is -0.844. The van der Waals surface area contributed by atoms with E-state index in [2.05, 4.69) is 6.07 Å². The minimum absolute atomic E-state index is 0.223. The van der Waals surface area contributed by atoms with Crippen LogP contribution in [0.3, 0.4) is 0 Å². The van der Waals surface area contributed by atoms with E-state index in [4.69, 9.17) is 4.84 Å². The van der Waals surface area contributed by atoms with Gasteiger partial charge in [-0.1, -0.05) is 60.2 Å². The molecule has 2 amide bonds. The lowest BCUT2D eigenvalue weighted by Crippen LogP contribution is -2.37. The molecule has 2 aliphatic rings. The Labute approximate surface area is 175 Å². The molecule has 0 aliphatic carbocycles. The van der Waals surface area contributed by atoms with E-state index in [1.807, 2.05) is 74.5 Å². The van der Waals surface area contributed by atoms with E-state index < -0.39 is 12.0 Å². The Morgan fingerprint density at radius 2 is 1.40 bits per heavy atom. The third-order valence-electron chi connectivity index (χ3n) is 5.88. The molecular weight excluding hydrogens is 376 g/mol. The Morgan fingerprint density at radius 3 is 2.03 bits per heavy atom. The first-order valence-corrected chi connectivity index (χ1v) is 10.1. The van der Waals surface area contributed by atoms with E-state index in [-0.39, 0.29) is 17.9 Å². The summed E-state index contributed by atoms with van der Waals surface area (Å²) in [6.07, 6.45) is -0.844. The Hall–Kier alpha value is -3.44. The average molecular weight is 398 g/mol. The highest BCUT2D eigenvalue weighted by molar-refractivity contribution is 6.23. The van der Waals surface area contributed by atoms with Crippen LogP contribution < -0.4 is 9.96 Å². The number of para-hydroxylation sites is 2. The van der Waals surface area contributed by atoms with Gasteiger partial charge in [0.1, 0.15) is 5.92 Å². The maximum absolute atomic E-state index is 13.5. The predicted molar refractivity (Wildman–Crippen MR) is 115 cm³/mol. The summed E-state index contributed by atoms with van der Waals surface area (Å²) in [6.45, 7) is 4.08. The van der Waals surface area contributed by atoms with Crippen LogP contribution in [0.2, 0.25) is 0 Å². The van der Waals surface area contributed by atoms with Gasteiger partial charge in [-0.3, -0.25) is 14.4 Å². The third kappa shape index (κ3) is 2.82. The molecular formula is C25H22N2O3. The van der Waals surface area contributed by atoms with Crippen LogP contribution >= 0.6 is 0 Å². The largest absolute Gasteiger partial charge is 0.273 e. The van der Waals surface area contributed by atoms with Gasteiger partial charge in [0.2, 0.25) is 5.91 Å². The topological polar surface area (TPSA) is 49.9 Å². The summed E-state index contributed by atoms with van der Waals surface area (Å²) < 4.78 is 0. The van der Waals surface area contributed by atoms with Gasteiger partial charge < -0.3 is 0 Å². The van der Waals surface area contributed by atoms with Crippen molar-refractivity contribution in [2.45, 2.75) is 26.0 Å². The number of amides is 2. The van der Waals surface area contributed by atoms with E-state index in [1.165, 1.54) is 4.90 Å². The van der Waals surface area contributed by atoms with Gasteiger partial charge in [-0.15, -0.1) is 0 Å². The van der Waals surface area contributed by atoms with Crippen molar-refractivity contribution < 1.29 is 14.4 Å². The number of carbonyl (C=O) groups excluding carboxylic acids is 2. The average Bonchev–Trinajstić information content (AvgIpc) is 3.26. The van der Waals surface area contributed by atoms with Crippen molar-refractivity contribution >= 4 is 23.2 Å². The molecule has 5 nitrogen and oxygen atoms in total. The minimum Gasteiger partial charge on any atom is -0.273 e. The lowest BCUT2D eigenvalue weighted by molar-refractivity contribution is -0.126. The van der Waals surface area contributed by atoms with Gasteiger partial charge in [-0.05, 0) is 49.2 Å². The Kier molecular flexibility index (Phi) is 4.40. The quantitative estimate of drug-likeness (QED) is 0.616.